The largest absolute Gasteiger partial charge is 0.505 e. The number of phenolic OH excluding ortho intramolecular Hbond substituents is 1. The third kappa shape index (κ3) is 1.67. The average Bonchev–Trinajstić information content (AvgIpc) is 1.98. The summed E-state index contributed by atoms with van der Waals surface area (Å²) in [6.07, 6.45) is 1.07. The SMILES string of the molecule is O/N=C\c1ccc(O)c(F)c1. The molecule has 0 spiro atoms. The predicted molar refractivity (Wildman–Crippen MR) is 37.4 cm³/mol. The summed E-state index contributed by atoms with van der Waals surface area (Å²) in [4.78, 5) is 0. The molecular weight excluding hydrogens is 149 g/mol. The van der Waals surface area contributed by atoms with Crippen molar-refractivity contribution < 1.29 is 14.7 Å². The van der Waals surface area contributed by atoms with Crippen LogP contribution in [0, 0.1) is 5.82 Å². The zero-order valence-corrected chi connectivity index (χ0v) is 5.53. The third-order valence-electron chi connectivity index (χ3n) is 1.18. The Morgan fingerprint density at radius 3 is 2.73 bits per heavy atom. The molecule has 4 heteroatoms. The molecule has 0 radical (unpaired) electrons. The van der Waals surface area contributed by atoms with E-state index in [2.05, 4.69) is 5.16 Å². The average molecular weight is 155 g/mol. The van der Waals surface area contributed by atoms with Crippen molar-refractivity contribution >= 4 is 6.21 Å². The molecule has 0 atom stereocenters. The molecule has 0 unspecified atom stereocenters. The lowest BCUT2D eigenvalue weighted by Crippen LogP contribution is -1.83. The van der Waals surface area contributed by atoms with Gasteiger partial charge in [0.15, 0.2) is 11.6 Å². The normalized spacial score (nSPS) is 10.6. The topological polar surface area (TPSA) is 52.8 Å². The van der Waals surface area contributed by atoms with Crippen molar-refractivity contribution in [2.24, 2.45) is 5.16 Å². The molecule has 2 N–H and O–H groups in total. The second-order valence-corrected chi connectivity index (χ2v) is 1.96. The van der Waals surface area contributed by atoms with E-state index in [0.717, 1.165) is 12.3 Å². The second kappa shape index (κ2) is 3.01. The van der Waals surface area contributed by atoms with Crippen LogP contribution in [0.4, 0.5) is 4.39 Å². The summed E-state index contributed by atoms with van der Waals surface area (Å²) >= 11 is 0. The molecule has 0 bridgehead atoms. The molecule has 1 aromatic carbocycles. The van der Waals surface area contributed by atoms with E-state index >= 15 is 0 Å². The summed E-state index contributed by atoms with van der Waals surface area (Å²) in [6, 6.07) is 3.68. The molecule has 0 amide bonds. The Bertz CT molecular complexity index is 286. The summed E-state index contributed by atoms with van der Waals surface area (Å²) in [5.41, 5.74) is 0.391. The number of benzene rings is 1. The Morgan fingerprint density at radius 1 is 1.45 bits per heavy atom. The molecule has 0 saturated heterocycles. The number of aromatic hydroxyl groups is 1. The minimum absolute atomic E-state index is 0.391. The van der Waals surface area contributed by atoms with Crippen LogP contribution in [-0.4, -0.2) is 16.5 Å². The van der Waals surface area contributed by atoms with Gasteiger partial charge < -0.3 is 10.3 Å². The smallest absolute Gasteiger partial charge is 0.165 e. The van der Waals surface area contributed by atoms with Gasteiger partial charge in [0.2, 0.25) is 0 Å². The fraction of sp³-hybridized carbons (Fsp3) is 0. The van der Waals surface area contributed by atoms with Gasteiger partial charge in [-0.3, -0.25) is 0 Å². The van der Waals surface area contributed by atoms with Gasteiger partial charge in [-0.2, -0.15) is 0 Å². The molecule has 58 valence electrons. The quantitative estimate of drug-likeness (QED) is 0.365. The zero-order chi connectivity index (χ0) is 8.27. The van der Waals surface area contributed by atoms with Gasteiger partial charge in [-0.25, -0.2) is 4.39 Å². The lowest BCUT2D eigenvalue weighted by Gasteiger charge is -1.94. The van der Waals surface area contributed by atoms with Crippen LogP contribution in [0.2, 0.25) is 0 Å². The van der Waals surface area contributed by atoms with Crippen LogP contribution in [0.5, 0.6) is 5.75 Å². The molecule has 1 rings (SSSR count). The Labute approximate surface area is 62.4 Å². The first-order valence-corrected chi connectivity index (χ1v) is 2.90. The first-order chi connectivity index (χ1) is 5.24. The van der Waals surface area contributed by atoms with E-state index < -0.39 is 11.6 Å². The van der Waals surface area contributed by atoms with E-state index in [1.807, 2.05) is 0 Å². The second-order valence-electron chi connectivity index (χ2n) is 1.96. The van der Waals surface area contributed by atoms with Crippen molar-refractivity contribution in [1.82, 2.24) is 0 Å². The predicted octanol–water partition coefficient (Wildman–Crippen LogP) is 1.34. The van der Waals surface area contributed by atoms with E-state index in [9.17, 15) is 4.39 Å². The first kappa shape index (κ1) is 7.53. The highest BCUT2D eigenvalue weighted by Crippen LogP contribution is 2.14. The van der Waals surface area contributed by atoms with E-state index in [0.29, 0.717) is 5.56 Å². The fourth-order valence-electron chi connectivity index (χ4n) is 0.670. The van der Waals surface area contributed by atoms with Gasteiger partial charge in [0, 0.05) is 0 Å². The molecule has 0 aliphatic rings. The lowest BCUT2D eigenvalue weighted by atomic mass is 10.2. The van der Waals surface area contributed by atoms with Gasteiger partial charge in [0.25, 0.3) is 0 Å². The van der Waals surface area contributed by atoms with Gasteiger partial charge in [-0.15, -0.1) is 0 Å². The fourth-order valence-corrected chi connectivity index (χ4v) is 0.670. The number of halogens is 1. The van der Waals surface area contributed by atoms with Crippen molar-refractivity contribution in [1.29, 1.82) is 0 Å². The number of nitrogens with zero attached hydrogens (tertiary/aromatic N) is 1. The van der Waals surface area contributed by atoms with E-state index in [4.69, 9.17) is 10.3 Å². The Hall–Kier alpha value is -1.58. The Morgan fingerprint density at radius 2 is 2.18 bits per heavy atom. The number of phenols is 1. The maximum absolute atomic E-state index is 12.5. The molecule has 0 aliphatic carbocycles. The van der Waals surface area contributed by atoms with E-state index in [1.54, 1.807) is 0 Å². The van der Waals surface area contributed by atoms with Crippen molar-refractivity contribution in [3.05, 3.63) is 29.6 Å². The van der Waals surface area contributed by atoms with Crippen LogP contribution in [0.3, 0.4) is 0 Å². The number of rotatable bonds is 1. The summed E-state index contributed by atoms with van der Waals surface area (Å²) in [5.74, 6) is -1.15. The molecule has 0 fully saturated rings. The molecule has 0 saturated carbocycles. The Kier molecular flexibility index (Phi) is 2.06. The maximum atomic E-state index is 12.5. The van der Waals surface area contributed by atoms with E-state index in [-0.39, 0.29) is 0 Å². The minimum atomic E-state index is -0.734. The van der Waals surface area contributed by atoms with Crippen LogP contribution in [0.25, 0.3) is 0 Å². The van der Waals surface area contributed by atoms with Crippen molar-refractivity contribution in [2.45, 2.75) is 0 Å². The molecule has 1 aromatic rings. The molecular formula is C7H6FNO2. The highest BCUT2D eigenvalue weighted by Gasteiger charge is 1.98. The van der Waals surface area contributed by atoms with Crippen LogP contribution in [0.1, 0.15) is 5.56 Å². The lowest BCUT2D eigenvalue weighted by molar-refractivity contribution is 0.322. The summed E-state index contributed by atoms with van der Waals surface area (Å²) < 4.78 is 12.5. The monoisotopic (exact) mass is 155 g/mol. The highest BCUT2D eigenvalue weighted by molar-refractivity contribution is 5.79. The van der Waals surface area contributed by atoms with Crippen molar-refractivity contribution in [2.75, 3.05) is 0 Å². The van der Waals surface area contributed by atoms with E-state index in [1.165, 1.54) is 12.1 Å². The van der Waals surface area contributed by atoms with Crippen LogP contribution in [-0.2, 0) is 0 Å². The van der Waals surface area contributed by atoms with Crippen molar-refractivity contribution in [3.8, 4) is 5.75 Å². The van der Waals surface area contributed by atoms with Gasteiger partial charge >= 0.3 is 0 Å². The molecule has 0 aromatic heterocycles. The molecule has 0 aliphatic heterocycles. The van der Waals surface area contributed by atoms with Gasteiger partial charge in [-0.05, 0) is 23.8 Å². The molecule has 0 heterocycles. The molecule has 3 nitrogen and oxygen atoms in total. The first-order valence-electron chi connectivity index (χ1n) is 2.90. The van der Waals surface area contributed by atoms with Crippen LogP contribution >= 0.6 is 0 Å². The van der Waals surface area contributed by atoms with Crippen LogP contribution in [0.15, 0.2) is 23.4 Å². The summed E-state index contributed by atoms with van der Waals surface area (Å²) in [6.45, 7) is 0. The molecule has 11 heavy (non-hydrogen) atoms. The van der Waals surface area contributed by atoms with Gasteiger partial charge in [0.05, 0.1) is 6.21 Å². The highest BCUT2D eigenvalue weighted by atomic mass is 19.1. The zero-order valence-electron chi connectivity index (χ0n) is 5.53. The van der Waals surface area contributed by atoms with Gasteiger partial charge in [-0.1, -0.05) is 5.16 Å². The Balaban J connectivity index is 3.05. The third-order valence-corrected chi connectivity index (χ3v) is 1.18. The maximum Gasteiger partial charge on any atom is 0.165 e. The number of hydrogen-bond donors (Lipinski definition) is 2. The van der Waals surface area contributed by atoms with Gasteiger partial charge in [0.1, 0.15) is 0 Å². The standard InChI is InChI=1S/C7H6FNO2/c8-6-3-5(4-9-11)1-2-7(6)10/h1-4,10-11H/b9-4-. The summed E-state index contributed by atoms with van der Waals surface area (Å²) in [7, 11) is 0. The van der Waals surface area contributed by atoms with Crippen LogP contribution < -0.4 is 0 Å². The summed E-state index contributed by atoms with van der Waals surface area (Å²) in [5, 5.41) is 19.5. The minimum Gasteiger partial charge on any atom is -0.505 e. The van der Waals surface area contributed by atoms with Crippen molar-refractivity contribution in [3.63, 3.8) is 0 Å². The number of oxime groups is 1. The number of hydrogen-bond acceptors (Lipinski definition) is 3.